The highest BCUT2D eigenvalue weighted by molar-refractivity contribution is 7.13. The summed E-state index contributed by atoms with van der Waals surface area (Å²) < 4.78 is 0. The Kier molecular flexibility index (Phi) is 5.54. The molecule has 1 aliphatic carbocycles. The monoisotopic (exact) mass is 396 g/mol. The molecule has 1 saturated heterocycles. The lowest BCUT2D eigenvalue weighted by molar-refractivity contribution is -0.132. The molecule has 2 fully saturated rings. The molecule has 5 heteroatoms. The molecule has 0 spiro atoms. The van der Waals surface area contributed by atoms with Crippen LogP contribution >= 0.6 is 11.3 Å². The first-order valence-corrected chi connectivity index (χ1v) is 11.1. The maximum absolute atomic E-state index is 12.7. The molecule has 148 valence electrons. The van der Waals surface area contributed by atoms with E-state index in [1.54, 1.807) is 11.3 Å². The van der Waals surface area contributed by atoms with Crippen molar-refractivity contribution in [2.24, 2.45) is 17.1 Å². The number of thiophene rings is 1. The smallest absolute Gasteiger partial charge is 0.225 e. The van der Waals surface area contributed by atoms with Crippen LogP contribution in [0.15, 0.2) is 41.8 Å². The second kappa shape index (κ2) is 8.08. The van der Waals surface area contributed by atoms with Gasteiger partial charge in [0, 0.05) is 24.4 Å². The van der Waals surface area contributed by atoms with Gasteiger partial charge in [-0.05, 0) is 54.2 Å². The second-order valence-electron chi connectivity index (χ2n) is 8.42. The van der Waals surface area contributed by atoms with Gasteiger partial charge in [-0.25, -0.2) is 0 Å². The summed E-state index contributed by atoms with van der Waals surface area (Å²) in [6.07, 6.45) is 6.69. The van der Waals surface area contributed by atoms with Crippen LogP contribution in [0.4, 0.5) is 0 Å². The van der Waals surface area contributed by atoms with Gasteiger partial charge in [0.2, 0.25) is 11.8 Å². The average molecular weight is 397 g/mol. The molecule has 1 atom stereocenters. The molecule has 4 rings (SSSR count). The zero-order valence-corrected chi connectivity index (χ0v) is 17.0. The quantitative estimate of drug-likeness (QED) is 0.794. The Morgan fingerprint density at radius 2 is 1.89 bits per heavy atom. The summed E-state index contributed by atoms with van der Waals surface area (Å²) in [7, 11) is 0. The van der Waals surface area contributed by atoms with Gasteiger partial charge in [-0.1, -0.05) is 43.2 Å². The predicted molar refractivity (Wildman–Crippen MR) is 113 cm³/mol. The van der Waals surface area contributed by atoms with Gasteiger partial charge in [-0.15, -0.1) is 11.3 Å². The lowest BCUT2D eigenvalue weighted by Crippen LogP contribution is -2.42. The Labute approximate surface area is 170 Å². The Morgan fingerprint density at radius 3 is 2.54 bits per heavy atom. The fourth-order valence-corrected chi connectivity index (χ4v) is 5.46. The van der Waals surface area contributed by atoms with Gasteiger partial charge in [0.05, 0.1) is 5.41 Å². The first-order valence-electron chi connectivity index (χ1n) is 10.3. The largest absolute Gasteiger partial charge is 0.369 e. The van der Waals surface area contributed by atoms with Crippen LogP contribution in [0.1, 0.15) is 44.1 Å². The van der Waals surface area contributed by atoms with Crippen LogP contribution in [0, 0.1) is 11.3 Å². The Hall–Kier alpha value is -2.14. The first kappa shape index (κ1) is 19.2. The Morgan fingerprint density at radius 1 is 1.14 bits per heavy atom. The molecule has 28 heavy (non-hydrogen) atoms. The molecule has 1 aliphatic heterocycles. The van der Waals surface area contributed by atoms with Gasteiger partial charge < -0.3 is 10.6 Å². The topological polar surface area (TPSA) is 63.4 Å². The van der Waals surface area contributed by atoms with E-state index >= 15 is 0 Å². The molecule has 1 aromatic heterocycles. The van der Waals surface area contributed by atoms with Crippen LogP contribution in [-0.4, -0.2) is 29.8 Å². The zero-order valence-electron chi connectivity index (χ0n) is 16.2. The van der Waals surface area contributed by atoms with Crippen molar-refractivity contribution < 1.29 is 9.59 Å². The number of carbonyl (C=O) groups excluding carboxylic acids is 2. The zero-order chi connectivity index (χ0) is 19.6. The molecule has 0 unspecified atom stereocenters. The number of amides is 2. The molecule has 2 heterocycles. The number of benzene rings is 1. The Balaban J connectivity index is 1.43. The molecule has 1 aromatic carbocycles. The summed E-state index contributed by atoms with van der Waals surface area (Å²) in [5.74, 6) is 0.440. The van der Waals surface area contributed by atoms with E-state index in [2.05, 4.69) is 35.7 Å². The maximum Gasteiger partial charge on any atom is 0.225 e. The van der Waals surface area contributed by atoms with Crippen LogP contribution in [-0.2, 0) is 16.0 Å². The summed E-state index contributed by atoms with van der Waals surface area (Å²) >= 11 is 1.72. The molecule has 0 radical (unpaired) electrons. The van der Waals surface area contributed by atoms with Gasteiger partial charge in [0.15, 0.2) is 0 Å². The van der Waals surface area contributed by atoms with E-state index in [1.807, 2.05) is 11.0 Å². The number of nitrogens with zero attached hydrogens (tertiary/aromatic N) is 1. The minimum absolute atomic E-state index is 0.197. The Bertz CT molecular complexity index is 825. The third kappa shape index (κ3) is 4.00. The van der Waals surface area contributed by atoms with Crippen molar-refractivity contribution in [3.8, 4) is 10.4 Å². The lowest BCUT2D eigenvalue weighted by atomic mass is 9.80. The minimum Gasteiger partial charge on any atom is -0.369 e. The third-order valence-electron chi connectivity index (χ3n) is 6.47. The number of carbonyl (C=O) groups is 2. The van der Waals surface area contributed by atoms with Crippen molar-refractivity contribution in [1.29, 1.82) is 0 Å². The van der Waals surface area contributed by atoms with Gasteiger partial charge in [-0.3, -0.25) is 9.59 Å². The molecule has 4 nitrogen and oxygen atoms in total. The average Bonchev–Trinajstić information content (AvgIpc) is 3.45. The van der Waals surface area contributed by atoms with Gasteiger partial charge >= 0.3 is 0 Å². The SMILES string of the molecule is NC(=O)[C@@]1(Cc2ccc(-c3cccs3)cc2)CCN(C(=O)CC2CCCC2)C1. The highest BCUT2D eigenvalue weighted by Crippen LogP contribution is 2.36. The summed E-state index contributed by atoms with van der Waals surface area (Å²) in [6.45, 7) is 1.10. The summed E-state index contributed by atoms with van der Waals surface area (Å²) in [5.41, 5.74) is 7.48. The van der Waals surface area contributed by atoms with Crippen molar-refractivity contribution in [2.45, 2.75) is 44.9 Å². The van der Waals surface area contributed by atoms with Gasteiger partial charge in [-0.2, -0.15) is 0 Å². The molecular weight excluding hydrogens is 368 g/mol. The van der Waals surface area contributed by atoms with Crippen LogP contribution in [0.3, 0.4) is 0 Å². The molecule has 2 aliphatic rings. The van der Waals surface area contributed by atoms with E-state index in [1.165, 1.54) is 23.3 Å². The van der Waals surface area contributed by atoms with E-state index in [-0.39, 0.29) is 11.8 Å². The lowest BCUT2D eigenvalue weighted by Gasteiger charge is -2.26. The minimum atomic E-state index is -0.643. The van der Waals surface area contributed by atoms with Crippen molar-refractivity contribution in [2.75, 3.05) is 13.1 Å². The van der Waals surface area contributed by atoms with Crippen LogP contribution in [0.25, 0.3) is 10.4 Å². The van der Waals surface area contributed by atoms with Crippen molar-refractivity contribution in [3.63, 3.8) is 0 Å². The van der Waals surface area contributed by atoms with Crippen LogP contribution in [0.5, 0.6) is 0 Å². The van der Waals surface area contributed by atoms with Crippen molar-refractivity contribution in [1.82, 2.24) is 4.90 Å². The number of likely N-dealkylation sites (tertiary alicyclic amines) is 1. The number of primary amides is 1. The van der Waals surface area contributed by atoms with Gasteiger partial charge in [0.25, 0.3) is 0 Å². The molecule has 1 saturated carbocycles. The number of hydrogen-bond donors (Lipinski definition) is 1. The van der Waals surface area contributed by atoms with Gasteiger partial charge in [0.1, 0.15) is 0 Å². The molecule has 2 N–H and O–H groups in total. The number of hydrogen-bond acceptors (Lipinski definition) is 3. The molecule has 2 aromatic rings. The highest BCUT2D eigenvalue weighted by Gasteiger charge is 2.44. The van der Waals surface area contributed by atoms with Crippen molar-refractivity contribution >= 4 is 23.2 Å². The van der Waals surface area contributed by atoms with E-state index in [0.29, 0.717) is 38.3 Å². The molecule has 0 bridgehead atoms. The van der Waals surface area contributed by atoms with E-state index in [4.69, 9.17) is 5.73 Å². The normalized spacial score (nSPS) is 22.6. The summed E-state index contributed by atoms with van der Waals surface area (Å²) in [4.78, 5) is 28.2. The predicted octanol–water partition coefficient (Wildman–Crippen LogP) is 4.24. The van der Waals surface area contributed by atoms with Crippen LogP contribution in [0.2, 0.25) is 0 Å². The number of rotatable bonds is 6. The van der Waals surface area contributed by atoms with E-state index in [9.17, 15) is 9.59 Å². The van der Waals surface area contributed by atoms with Crippen LogP contribution < -0.4 is 5.73 Å². The summed E-state index contributed by atoms with van der Waals surface area (Å²) in [5, 5.41) is 2.07. The summed E-state index contributed by atoms with van der Waals surface area (Å²) in [6, 6.07) is 12.5. The van der Waals surface area contributed by atoms with E-state index in [0.717, 1.165) is 18.4 Å². The molecule has 2 amide bonds. The fourth-order valence-electron chi connectivity index (χ4n) is 4.73. The standard InChI is InChI=1S/C23H28N2O2S/c24-22(27)23(11-12-25(16-23)21(26)14-17-4-1-2-5-17)15-18-7-9-19(10-8-18)20-6-3-13-28-20/h3,6-10,13,17H,1-2,4-5,11-12,14-16H2,(H2,24,27)/t23-/m1/s1. The first-order chi connectivity index (χ1) is 13.6. The number of nitrogens with two attached hydrogens (primary N) is 1. The fraction of sp³-hybridized carbons (Fsp3) is 0.478. The second-order valence-corrected chi connectivity index (χ2v) is 9.36. The van der Waals surface area contributed by atoms with E-state index < -0.39 is 5.41 Å². The highest BCUT2D eigenvalue weighted by atomic mass is 32.1. The molecular formula is C23H28N2O2S. The maximum atomic E-state index is 12.7. The third-order valence-corrected chi connectivity index (χ3v) is 7.39. The van der Waals surface area contributed by atoms with Crippen molar-refractivity contribution in [3.05, 3.63) is 47.3 Å².